The molecule has 1 heterocycles. The van der Waals surface area contributed by atoms with E-state index < -0.39 is 16.1 Å². The molecule has 1 aliphatic heterocycles. The topological polar surface area (TPSA) is 68.2 Å². The van der Waals surface area contributed by atoms with E-state index in [1.807, 2.05) is 42.5 Å². The van der Waals surface area contributed by atoms with Gasteiger partial charge in [-0.25, -0.2) is 0 Å². The smallest absolute Gasteiger partial charge is 0.279 e. The minimum Gasteiger partial charge on any atom is -0.497 e. The lowest BCUT2D eigenvalue weighted by Gasteiger charge is -2.23. The van der Waals surface area contributed by atoms with E-state index in [0.717, 1.165) is 11.1 Å². The van der Waals surface area contributed by atoms with Crippen LogP contribution in [0.4, 0.5) is 0 Å². The average molecular weight is 423 g/mol. The van der Waals surface area contributed by atoms with Crippen LogP contribution in [0.3, 0.4) is 0 Å². The summed E-state index contributed by atoms with van der Waals surface area (Å²) in [6.45, 7) is 0. The standard InChI is InChI=1S/C23H22N2O4S/c1-28-18-13-14-20(23(15-18)29-2)21-16-22(17-9-5-3-6-10-17)25(24-21)30(26,27)19-11-7-4-8-12-19/h3-15,22H,16H2,1-2H3/t22-/m0/s1. The molecule has 1 aliphatic rings. The van der Waals surface area contributed by atoms with Crippen LogP contribution in [0.2, 0.25) is 0 Å². The molecule has 6 nitrogen and oxygen atoms in total. The first-order valence-corrected chi connectivity index (χ1v) is 10.9. The number of rotatable bonds is 6. The predicted octanol–water partition coefficient (Wildman–Crippen LogP) is 4.24. The van der Waals surface area contributed by atoms with E-state index >= 15 is 0 Å². The molecule has 4 rings (SSSR count). The van der Waals surface area contributed by atoms with Gasteiger partial charge in [0, 0.05) is 18.1 Å². The minimum atomic E-state index is -3.83. The molecule has 0 N–H and O–H groups in total. The lowest BCUT2D eigenvalue weighted by Crippen LogP contribution is -2.27. The summed E-state index contributed by atoms with van der Waals surface area (Å²) in [6, 6.07) is 22.9. The highest BCUT2D eigenvalue weighted by atomic mass is 32.2. The van der Waals surface area contributed by atoms with E-state index in [2.05, 4.69) is 5.10 Å². The zero-order valence-corrected chi connectivity index (χ0v) is 17.5. The van der Waals surface area contributed by atoms with Crippen molar-refractivity contribution in [1.82, 2.24) is 4.41 Å². The fourth-order valence-electron chi connectivity index (χ4n) is 3.53. The molecule has 3 aromatic rings. The third-order valence-corrected chi connectivity index (χ3v) is 6.76. The lowest BCUT2D eigenvalue weighted by molar-refractivity contribution is 0.371. The molecule has 30 heavy (non-hydrogen) atoms. The first-order chi connectivity index (χ1) is 14.5. The second-order valence-corrected chi connectivity index (χ2v) is 8.63. The highest BCUT2D eigenvalue weighted by Gasteiger charge is 2.38. The minimum absolute atomic E-state index is 0.206. The molecule has 0 fully saturated rings. The first-order valence-electron chi connectivity index (χ1n) is 9.49. The van der Waals surface area contributed by atoms with Gasteiger partial charge in [0.15, 0.2) is 0 Å². The van der Waals surface area contributed by atoms with E-state index in [1.54, 1.807) is 50.6 Å². The quantitative estimate of drug-likeness (QED) is 0.596. The third kappa shape index (κ3) is 3.64. The molecule has 7 heteroatoms. The average Bonchev–Trinajstić information content (AvgIpc) is 3.26. The number of hydrazone groups is 1. The maximum Gasteiger partial charge on any atom is 0.279 e. The fourth-order valence-corrected chi connectivity index (χ4v) is 4.99. The van der Waals surface area contributed by atoms with Crippen molar-refractivity contribution in [3.8, 4) is 11.5 Å². The Morgan fingerprint density at radius 3 is 2.20 bits per heavy atom. The molecular formula is C23H22N2O4S. The molecule has 3 aromatic carbocycles. The number of ether oxygens (including phenoxy) is 2. The molecular weight excluding hydrogens is 400 g/mol. The lowest BCUT2D eigenvalue weighted by atomic mass is 9.98. The zero-order chi connectivity index (χ0) is 21.1. The van der Waals surface area contributed by atoms with Gasteiger partial charge in [0.25, 0.3) is 10.0 Å². The normalized spacial score (nSPS) is 16.3. The van der Waals surface area contributed by atoms with Crippen molar-refractivity contribution in [2.45, 2.75) is 17.4 Å². The Bertz CT molecular complexity index is 1160. The molecule has 0 bridgehead atoms. The Morgan fingerprint density at radius 1 is 0.900 bits per heavy atom. The number of sulfonamides is 1. The molecule has 0 unspecified atom stereocenters. The van der Waals surface area contributed by atoms with E-state index in [-0.39, 0.29) is 4.90 Å². The first kappa shape index (κ1) is 20.0. The monoisotopic (exact) mass is 422 g/mol. The van der Waals surface area contributed by atoms with Gasteiger partial charge in [0.1, 0.15) is 11.5 Å². The van der Waals surface area contributed by atoms with E-state index in [4.69, 9.17) is 9.47 Å². The van der Waals surface area contributed by atoms with Crippen molar-refractivity contribution in [3.63, 3.8) is 0 Å². The number of hydrogen-bond donors (Lipinski definition) is 0. The fraction of sp³-hybridized carbons (Fsp3) is 0.174. The second kappa shape index (κ2) is 8.20. The highest BCUT2D eigenvalue weighted by molar-refractivity contribution is 7.89. The van der Waals surface area contributed by atoms with Crippen LogP contribution in [0, 0.1) is 0 Å². The van der Waals surface area contributed by atoms with E-state index in [1.165, 1.54) is 4.41 Å². The van der Waals surface area contributed by atoms with Crippen LogP contribution in [-0.4, -0.2) is 32.8 Å². The molecule has 154 valence electrons. The van der Waals surface area contributed by atoms with Crippen molar-refractivity contribution >= 4 is 15.7 Å². The molecule has 0 saturated heterocycles. The molecule has 0 aromatic heterocycles. The molecule has 1 atom stereocenters. The van der Waals surface area contributed by atoms with Crippen LogP contribution in [0.5, 0.6) is 11.5 Å². The SMILES string of the molecule is COc1ccc(C2=NN(S(=O)(=O)c3ccccc3)[C@H](c3ccccc3)C2)c(OC)c1. The van der Waals surface area contributed by atoms with Gasteiger partial charge in [0.05, 0.1) is 30.9 Å². The summed E-state index contributed by atoms with van der Waals surface area (Å²) in [5, 5.41) is 4.57. The number of hydrogen-bond acceptors (Lipinski definition) is 5. The Hall–Kier alpha value is -3.32. The van der Waals surface area contributed by atoms with Crippen LogP contribution >= 0.6 is 0 Å². The molecule has 0 saturated carbocycles. The summed E-state index contributed by atoms with van der Waals surface area (Å²) in [5.74, 6) is 1.24. The summed E-state index contributed by atoms with van der Waals surface area (Å²) < 4.78 is 38.8. The van der Waals surface area contributed by atoms with Gasteiger partial charge in [-0.2, -0.15) is 17.9 Å². The van der Waals surface area contributed by atoms with Crippen LogP contribution in [-0.2, 0) is 10.0 Å². The van der Waals surface area contributed by atoms with Crippen LogP contribution in [0.1, 0.15) is 23.6 Å². The van der Waals surface area contributed by atoms with Crippen molar-refractivity contribution in [1.29, 1.82) is 0 Å². The Balaban J connectivity index is 1.82. The van der Waals surface area contributed by atoms with Gasteiger partial charge >= 0.3 is 0 Å². The number of benzene rings is 3. The van der Waals surface area contributed by atoms with Crippen molar-refractivity contribution in [2.24, 2.45) is 5.10 Å². The summed E-state index contributed by atoms with van der Waals surface area (Å²) >= 11 is 0. The van der Waals surface area contributed by atoms with Crippen molar-refractivity contribution in [3.05, 3.63) is 90.0 Å². The van der Waals surface area contributed by atoms with Gasteiger partial charge < -0.3 is 9.47 Å². The van der Waals surface area contributed by atoms with E-state index in [0.29, 0.717) is 23.6 Å². The Kier molecular flexibility index (Phi) is 5.46. The van der Waals surface area contributed by atoms with Crippen molar-refractivity contribution < 1.29 is 17.9 Å². The molecule has 0 spiro atoms. The molecule has 0 amide bonds. The third-order valence-electron chi connectivity index (χ3n) is 5.06. The maximum atomic E-state index is 13.4. The summed E-state index contributed by atoms with van der Waals surface area (Å²) in [7, 11) is -0.674. The van der Waals surface area contributed by atoms with Gasteiger partial charge in [-0.05, 0) is 29.8 Å². The van der Waals surface area contributed by atoms with E-state index in [9.17, 15) is 8.42 Å². The van der Waals surface area contributed by atoms with Gasteiger partial charge in [-0.3, -0.25) is 0 Å². The zero-order valence-electron chi connectivity index (χ0n) is 16.7. The Labute approximate surface area is 176 Å². The number of methoxy groups -OCH3 is 2. The van der Waals surface area contributed by atoms with Crippen LogP contribution in [0.25, 0.3) is 0 Å². The molecule has 0 aliphatic carbocycles. The van der Waals surface area contributed by atoms with Crippen LogP contribution < -0.4 is 9.47 Å². The van der Waals surface area contributed by atoms with Crippen LogP contribution in [0.15, 0.2) is 88.9 Å². The summed E-state index contributed by atoms with van der Waals surface area (Å²) in [6.07, 6.45) is 0.429. The van der Waals surface area contributed by atoms with Gasteiger partial charge in [-0.15, -0.1) is 0 Å². The second-order valence-electron chi connectivity index (χ2n) is 6.83. The highest BCUT2D eigenvalue weighted by Crippen LogP contribution is 2.39. The largest absolute Gasteiger partial charge is 0.497 e. The number of nitrogens with zero attached hydrogens (tertiary/aromatic N) is 2. The summed E-state index contributed by atoms with van der Waals surface area (Å²) in [4.78, 5) is 0.206. The van der Waals surface area contributed by atoms with Crippen molar-refractivity contribution in [2.75, 3.05) is 14.2 Å². The maximum absolute atomic E-state index is 13.4. The Morgan fingerprint density at radius 2 is 1.57 bits per heavy atom. The molecule has 0 radical (unpaired) electrons. The summed E-state index contributed by atoms with van der Waals surface area (Å²) in [5.41, 5.74) is 2.26. The van der Waals surface area contributed by atoms with Gasteiger partial charge in [-0.1, -0.05) is 48.5 Å². The predicted molar refractivity (Wildman–Crippen MR) is 115 cm³/mol. The van der Waals surface area contributed by atoms with Gasteiger partial charge in [0.2, 0.25) is 0 Å².